The standard InChI is InChI=1S/C18H20N2/c1-12(2)15-9-10-16-14(4)19-20(18(16)11-15)17-8-6-5-7-13(17)3/h5-12H,1-4H3. The number of hydrogen-bond acceptors (Lipinski definition) is 1. The fourth-order valence-electron chi connectivity index (χ4n) is 2.63. The third-order valence-electron chi connectivity index (χ3n) is 3.90. The van der Waals surface area contributed by atoms with Crippen LogP contribution >= 0.6 is 0 Å². The van der Waals surface area contributed by atoms with E-state index in [9.17, 15) is 0 Å². The van der Waals surface area contributed by atoms with Crippen LogP contribution in [0.15, 0.2) is 42.5 Å². The van der Waals surface area contributed by atoms with Crippen molar-refractivity contribution in [2.45, 2.75) is 33.6 Å². The van der Waals surface area contributed by atoms with E-state index in [1.165, 1.54) is 22.0 Å². The number of hydrogen-bond donors (Lipinski definition) is 0. The van der Waals surface area contributed by atoms with E-state index >= 15 is 0 Å². The number of fused-ring (bicyclic) bond motifs is 1. The molecule has 0 aliphatic heterocycles. The lowest BCUT2D eigenvalue weighted by atomic mass is 10.0. The Morgan fingerprint density at radius 1 is 1.00 bits per heavy atom. The highest BCUT2D eigenvalue weighted by molar-refractivity contribution is 5.84. The highest BCUT2D eigenvalue weighted by atomic mass is 15.3. The van der Waals surface area contributed by atoms with Gasteiger partial charge in [0.15, 0.2) is 0 Å². The SMILES string of the molecule is Cc1ccccc1-n1nc(C)c2ccc(C(C)C)cc21. The van der Waals surface area contributed by atoms with Crippen LogP contribution in [0.4, 0.5) is 0 Å². The summed E-state index contributed by atoms with van der Waals surface area (Å²) in [5.41, 5.74) is 6.03. The Balaban J connectivity index is 2.31. The largest absolute Gasteiger partial charge is 0.233 e. The van der Waals surface area contributed by atoms with Crippen molar-refractivity contribution in [2.24, 2.45) is 0 Å². The van der Waals surface area contributed by atoms with Gasteiger partial charge in [0.25, 0.3) is 0 Å². The van der Waals surface area contributed by atoms with Crippen LogP contribution in [0.2, 0.25) is 0 Å². The lowest BCUT2D eigenvalue weighted by molar-refractivity contribution is 0.859. The molecule has 2 heteroatoms. The summed E-state index contributed by atoms with van der Waals surface area (Å²) in [5.74, 6) is 0.528. The highest BCUT2D eigenvalue weighted by Crippen LogP contribution is 2.26. The molecule has 0 aliphatic carbocycles. The molecule has 0 radical (unpaired) electrons. The summed E-state index contributed by atoms with van der Waals surface area (Å²) < 4.78 is 2.08. The van der Waals surface area contributed by atoms with Crippen molar-refractivity contribution in [3.05, 3.63) is 59.3 Å². The molecule has 0 spiro atoms. The van der Waals surface area contributed by atoms with E-state index in [2.05, 4.69) is 74.8 Å². The highest BCUT2D eigenvalue weighted by Gasteiger charge is 2.11. The molecule has 0 saturated heterocycles. The van der Waals surface area contributed by atoms with Gasteiger partial charge in [0.05, 0.1) is 16.9 Å². The van der Waals surface area contributed by atoms with Crippen LogP contribution in [0.1, 0.15) is 36.6 Å². The Morgan fingerprint density at radius 3 is 2.45 bits per heavy atom. The normalized spacial score (nSPS) is 11.4. The fraction of sp³-hybridized carbons (Fsp3) is 0.278. The zero-order valence-corrected chi connectivity index (χ0v) is 12.5. The molecule has 0 atom stereocenters. The maximum atomic E-state index is 4.74. The molecule has 0 saturated carbocycles. The number of aromatic nitrogens is 2. The molecule has 1 aromatic heterocycles. The molecular formula is C18H20N2. The van der Waals surface area contributed by atoms with Crippen LogP contribution < -0.4 is 0 Å². The Labute approximate surface area is 120 Å². The Bertz CT molecular complexity index is 766. The number of para-hydroxylation sites is 1. The minimum Gasteiger partial charge on any atom is -0.233 e. The number of rotatable bonds is 2. The molecule has 102 valence electrons. The van der Waals surface area contributed by atoms with Crippen LogP contribution in [-0.2, 0) is 0 Å². The first-order valence-corrected chi connectivity index (χ1v) is 7.13. The molecule has 0 unspecified atom stereocenters. The Kier molecular flexibility index (Phi) is 3.09. The third-order valence-corrected chi connectivity index (χ3v) is 3.90. The summed E-state index contributed by atoms with van der Waals surface area (Å²) in [5, 5.41) is 5.97. The zero-order valence-electron chi connectivity index (χ0n) is 12.5. The number of nitrogens with zero attached hydrogens (tertiary/aromatic N) is 2. The van der Waals surface area contributed by atoms with Crippen molar-refractivity contribution >= 4 is 10.9 Å². The Morgan fingerprint density at radius 2 is 1.75 bits per heavy atom. The summed E-state index contributed by atoms with van der Waals surface area (Å²) in [7, 11) is 0. The van der Waals surface area contributed by atoms with Crippen LogP contribution in [-0.4, -0.2) is 9.78 Å². The van der Waals surface area contributed by atoms with E-state index in [4.69, 9.17) is 5.10 Å². The molecule has 1 heterocycles. The van der Waals surface area contributed by atoms with Gasteiger partial charge in [-0.3, -0.25) is 0 Å². The lowest BCUT2D eigenvalue weighted by Crippen LogP contribution is -1.99. The summed E-state index contributed by atoms with van der Waals surface area (Å²) in [6.45, 7) is 8.65. The quantitative estimate of drug-likeness (QED) is 0.652. The van der Waals surface area contributed by atoms with Crippen LogP contribution in [0.3, 0.4) is 0 Å². The van der Waals surface area contributed by atoms with Gasteiger partial charge in [0.1, 0.15) is 0 Å². The number of benzene rings is 2. The molecule has 2 aromatic carbocycles. The summed E-state index contributed by atoms with van der Waals surface area (Å²) >= 11 is 0. The van der Waals surface area contributed by atoms with Gasteiger partial charge in [-0.05, 0) is 43.0 Å². The second-order valence-electron chi connectivity index (χ2n) is 5.71. The van der Waals surface area contributed by atoms with Gasteiger partial charge in [-0.2, -0.15) is 5.10 Å². The molecule has 0 amide bonds. The molecule has 20 heavy (non-hydrogen) atoms. The van der Waals surface area contributed by atoms with Crippen molar-refractivity contribution in [3.63, 3.8) is 0 Å². The minimum atomic E-state index is 0.528. The van der Waals surface area contributed by atoms with Crippen LogP contribution in [0, 0.1) is 13.8 Å². The van der Waals surface area contributed by atoms with Crippen molar-refractivity contribution in [3.8, 4) is 5.69 Å². The molecule has 0 N–H and O–H groups in total. The van der Waals surface area contributed by atoms with Crippen molar-refractivity contribution in [1.29, 1.82) is 0 Å². The lowest BCUT2D eigenvalue weighted by Gasteiger charge is -2.09. The Hall–Kier alpha value is -2.09. The second kappa shape index (κ2) is 4.78. The van der Waals surface area contributed by atoms with Gasteiger partial charge in [0, 0.05) is 5.39 Å². The van der Waals surface area contributed by atoms with Crippen molar-refractivity contribution in [1.82, 2.24) is 9.78 Å². The molecule has 0 bridgehead atoms. The van der Waals surface area contributed by atoms with Crippen molar-refractivity contribution in [2.75, 3.05) is 0 Å². The van der Waals surface area contributed by atoms with E-state index in [1.807, 2.05) is 0 Å². The number of aryl methyl sites for hydroxylation is 2. The predicted octanol–water partition coefficient (Wildman–Crippen LogP) is 4.77. The fourth-order valence-corrected chi connectivity index (χ4v) is 2.63. The third kappa shape index (κ3) is 2.01. The van der Waals surface area contributed by atoms with E-state index in [0.29, 0.717) is 5.92 Å². The van der Waals surface area contributed by atoms with Gasteiger partial charge in [0.2, 0.25) is 0 Å². The maximum absolute atomic E-state index is 4.74. The molecule has 3 aromatic rings. The predicted molar refractivity (Wildman–Crippen MR) is 84.6 cm³/mol. The molecule has 0 aliphatic rings. The van der Waals surface area contributed by atoms with Crippen LogP contribution in [0.5, 0.6) is 0 Å². The first kappa shape index (κ1) is 12.9. The topological polar surface area (TPSA) is 17.8 Å². The average Bonchev–Trinajstić information content (AvgIpc) is 2.76. The molecular weight excluding hydrogens is 244 g/mol. The molecule has 3 rings (SSSR count). The summed E-state index contributed by atoms with van der Waals surface area (Å²) in [6, 6.07) is 15.1. The van der Waals surface area contributed by atoms with E-state index in [0.717, 1.165) is 11.4 Å². The van der Waals surface area contributed by atoms with E-state index in [-0.39, 0.29) is 0 Å². The van der Waals surface area contributed by atoms with Gasteiger partial charge in [-0.25, -0.2) is 4.68 Å². The smallest absolute Gasteiger partial charge is 0.0746 e. The van der Waals surface area contributed by atoms with Crippen LogP contribution in [0.25, 0.3) is 16.6 Å². The van der Waals surface area contributed by atoms with Crippen molar-refractivity contribution < 1.29 is 0 Å². The van der Waals surface area contributed by atoms with Gasteiger partial charge < -0.3 is 0 Å². The molecule has 2 nitrogen and oxygen atoms in total. The van der Waals surface area contributed by atoms with Gasteiger partial charge in [-0.15, -0.1) is 0 Å². The van der Waals surface area contributed by atoms with Gasteiger partial charge >= 0.3 is 0 Å². The second-order valence-corrected chi connectivity index (χ2v) is 5.71. The zero-order chi connectivity index (χ0) is 14.3. The first-order valence-electron chi connectivity index (χ1n) is 7.13. The first-order chi connectivity index (χ1) is 9.58. The molecule has 0 fully saturated rings. The van der Waals surface area contributed by atoms with Gasteiger partial charge in [-0.1, -0.05) is 44.2 Å². The van der Waals surface area contributed by atoms with E-state index in [1.54, 1.807) is 0 Å². The monoisotopic (exact) mass is 264 g/mol. The average molecular weight is 264 g/mol. The van der Waals surface area contributed by atoms with E-state index < -0.39 is 0 Å². The summed E-state index contributed by atoms with van der Waals surface area (Å²) in [4.78, 5) is 0. The minimum absolute atomic E-state index is 0.528. The maximum Gasteiger partial charge on any atom is 0.0746 e. The summed E-state index contributed by atoms with van der Waals surface area (Å²) in [6.07, 6.45) is 0.